The van der Waals surface area contributed by atoms with Crippen LogP contribution in [0, 0.1) is 17.8 Å². The number of hydrogen-bond donors (Lipinski definition) is 2. The van der Waals surface area contributed by atoms with E-state index in [1.807, 2.05) is 35.7 Å². The Kier molecular flexibility index (Phi) is 10.2. The van der Waals surface area contributed by atoms with Crippen molar-refractivity contribution in [3.05, 3.63) is 41.3 Å². The lowest BCUT2D eigenvalue weighted by molar-refractivity contribution is 0.00534. The van der Waals surface area contributed by atoms with Gasteiger partial charge in [0.15, 0.2) is 6.17 Å². The number of esters is 1. The van der Waals surface area contributed by atoms with Crippen LogP contribution in [0.1, 0.15) is 57.3 Å². The molecule has 0 spiro atoms. The SMILES string of the molecule is CCOC(=O)c1c(-c2ccccc2)csc1NC(NC(=O)OC1CC(C)CCC1C(C)C)C(Cl)(Cl)Cl. The monoisotopic (exact) mass is 574 g/mol. The second kappa shape index (κ2) is 12.7. The second-order valence-electron chi connectivity index (χ2n) is 9.47. The Morgan fingerprint density at radius 1 is 1.17 bits per heavy atom. The molecule has 198 valence electrons. The van der Waals surface area contributed by atoms with Crippen molar-refractivity contribution in [2.45, 2.75) is 63.0 Å². The Labute approximate surface area is 232 Å². The van der Waals surface area contributed by atoms with Crippen molar-refractivity contribution in [3.8, 4) is 11.1 Å². The summed E-state index contributed by atoms with van der Waals surface area (Å²) in [7, 11) is 0. The number of rotatable bonds is 8. The van der Waals surface area contributed by atoms with Crippen LogP contribution >= 0.6 is 46.1 Å². The molecular weight excluding hydrogens is 543 g/mol. The van der Waals surface area contributed by atoms with Gasteiger partial charge in [-0.1, -0.05) is 92.3 Å². The number of alkyl carbamates (subject to hydrolysis) is 1. The Bertz CT molecular complexity index is 1030. The minimum atomic E-state index is -1.93. The first-order valence-electron chi connectivity index (χ1n) is 12.2. The van der Waals surface area contributed by atoms with Crippen LogP contribution in [0.15, 0.2) is 35.7 Å². The first-order valence-corrected chi connectivity index (χ1v) is 14.2. The number of nitrogens with one attached hydrogen (secondary N) is 2. The summed E-state index contributed by atoms with van der Waals surface area (Å²) in [6, 6.07) is 9.45. The molecule has 1 aliphatic carbocycles. The van der Waals surface area contributed by atoms with E-state index >= 15 is 0 Å². The number of benzene rings is 1. The molecule has 10 heteroatoms. The molecule has 1 fully saturated rings. The number of amides is 1. The van der Waals surface area contributed by atoms with Gasteiger partial charge >= 0.3 is 12.1 Å². The average molecular weight is 576 g/mol. The Morgan fingerprint density at radius 2 is 1.86 bits per heavy atom. The number of carbonyl (C=O) groups excluding carboxylic acids is 2. The zero-order chi connectivity index (χ0) is 26.5. The van der Waals surface area contributed by atoms with Crippen LogP contribution < -0.4 is 10.6 Å². The molecule has 6 nitrogen and oxygen atoms in total. The van der Waals surface area contributed by atoms with Gasteiger partial charge in [0.2, 0.25) is 3.79 Å². The van der Waals surface area contributed by atoms with Crippen molar-refractivity contribution in [1.29, 1.82) is 0 Å². The van der Waals surface area contributed by atoms with Crippen molar-refractivity contribution >= 4 is 63.2 Å². The summed E-state index contributed by atoms with van der Waals surface area (Å²) in [6.07, 6.45) is 0.849. The van der Waals surface area contributed by atoms with Crippen LogP contribution in [-0.4, -0.2) is 34.7 Å². The fourth-order valence-electron chi connectivity index (χ4n) is 4.57. The fraction of sp³-hybridized carbons (Fsp3) is 0.538. The van der Waals surface area contributed by atoms with Gasteiger partial charge in [0.05, 0.1) is 6.61 Å². The van der Waals surface area contributed by atoms with Crippen LogP contribution in [0.2, 0.25) is 0 Å². The number of hydrogen-bond acceptors (Lipinski definition) is 6. The maximum absolute atomic E-state index is 12.9. The highest BCUT2D eigenvalue weighted by atomic mass is 35.6. The molecule has 2 aromatic rings. The van der Waals surface area contributed by atoms with Crippen molar-refractivity contribution in [3.63, 3.8) is 0 Å². The third-order valence-corrected chi connectivity index (χ3v) is 8.01. The quantitative estimate of drug-likeness (QED) is 0.190. The third-order valence-electron chi connectivity index (χ3n) is 6.44. The summed E-state index contributed by atoms with van der Waals surface area (Å²) in [6.45, 7) is 8.38. The number of carbonyl (C=O) groups is 2. The summed E-state index contributed by atoms with van der Waals surface area (Å²) in [5.74, 6) is 0.607. The fourth-order valence-corrected chi connectivity index (χ4v) is 5.88. The summed E-state index contributed by atoms with van der Waals surface area (Å²) in [4.78, 5) is 25.8. The number of thiophene rings is 1. The maximum atomic E-state index is 12.9. The largest absolute Gasteiger partial charge is 0.462 e. The molecule has 36 heavy (non-hydrogen) atoms. The number of alkyl halides is 3. The van der Waals surface area contributed by atoms with E-state index in [0.717, 1.165) is 24.8 Å². The highest BCUT2D eigenvalue weighted by Gasteiger charge is 2.38. The predicted molar refractivity (Wildman–Crippen MR) is 148 cm³/mol. The molecule has 1 aliphatic rings. The molecule has 1 heterocycles. The lowest BCUT2D eigenvalue weighted by atomic mass is 9.75. The maximum Gasteiger partial charge on any atom is 0.409 e. The van der Waals surface area contributed by atoms with Gasteiger partial charge in [-0.25, -0.2) is 9.59 Å². The van der Waals surface area contributed by atoms with E-state index < -0.39 is 22.0 Å². The standard InChI is InChI=1S/C26H33Cl3N2O4S/c1-5-34-23(32)21-19(17-9-7-6-8-10-17)14-36-22(21)30-24(26(27,28)29)31-25(33)35-20-13-16(4)11-12-18(20)15(2)3/h6-10,14-16,18,20,24,30H,5,11-13H2,1-4H3,(H,31,33). The molecule has 1 amide bonds. The van der Waals surface area contributed by atoms with Gasteiger partial charge < -0.3 is 14.8 Å². The lowest BCUT2D eigenvalue weighted by Crippen LogP contribution is -2.50. The Balaban J connectivity index is 1.83. The van der Waals surface area contributed by atoms with Gasteiger partial charge in [-0.05, 0) is 43.1 Å². The molecule has 0 saturated heterocycles. The van der Waals surface area contributed by atoms with E-state index in [2.05, 4.69) is 31.4 Å². The molecular formula is C26H33Cl3N2O4S. The number of anilines is 1. The molecule has 1 aromatic carbocycles. The Hall–Kier alpha value is -1.67. The Morgan fingerprint density at radius 3 is 2.47 bits per heavy atom. The first-order chi connectivity index (χ1) is 17.0. The first kappa shape index (κ1) is 28.9. The van der Waals surface area contributed by atoms with E-state index in [-0.39, 0.29) is 18.6 Å². The van der Waals surface area contributed by atoms with E-state index in [9.17, 15) is 9.59 Å². The van der Waals surface area contributed by atoms with E-state index in [1.54, 1.807) is 6.92 Å². The molecule has 1 saturated carbocycles. The molecule has 4 unspecified atom stereocenters. The highest BCUT2D eigenvalue weighted by Crippen LogP contribution is 2.39. The topological polar surface area (TPSA) is 76.7 Å². The van der Waals surface area contributed by atoms with Crippen molar-refractivity contribution in [2.24, 2.45) is 17.8 Å². The minimum Gasteiger partial charge on any atom is -0.462 e. The van der Waals surface area contributed by atoms with E-state index in [1.165, 1.54) is 11.3 Å². The molecule has 2 N–H and O–H groups in total. The molecule has 4 atom stereocenters. The van der Waals surface area contributed by atoms with Crippen molar-refractivity contribution < 1.29 is 19.1 Å². The molecule has 0 aliphatic heterocycles. The van der Waals surface area contributed by atoms with Gasteiger partial charge in [0.25, 0.3) is 0 Å². The predicted octanol–water partition coefficient (Wildman–Crippen LogP) is 7.89. The van der Waals surface area contributed by atoms with Gasteiger partial charge in [0.1, 0.15) is 16.7 Å². The molecule has 3 rings (SSSR count). The smallest absolute Gasteiger partial charge is 0.409 e. The third kappa shape index (κ3) is 7.44. The zero-order valence-corrected chi connectivity index (χ0v) is 23.9. The van der Waals surface area contributed by atoms with Gasteiger partial charge in [-0.2, -0.15) is 0 Å². The lowest BCUT2D eigenvalue weighted by Gasteiger charge is -2.37. The summed E-state index contributed by atoms with van der Waals surface area (Å²) in [5.41, 5.74) is 1.83. The van der Waals surface area contributed by atoms with E-state index in [4.69, 9.17) is 44.3 Å². The summed E-state index contributed by atoms with van der Waals surface area (Å²) in [5, 5.41) is 7.94. The highest BCUT2D eigenvalue weighted by molar-refractivity contribution is 7.15. The summed E-state index contributed by atoms with van der Waals surface area (Å²) >= 11 is 20.0. The van der Waals surface area contributed by atoms with Crippen LogP contribution in [0.3, 0.4) is 0 Å². The molecule has 0 radical (unpaired) electrons. The zero-order valence-electron chi connectivity index (χ0n) is 20.9. The van der Waals surface area contributed by atoms with Crippen LogP contribution in [0.5, 0.6) is 0 Å². The summed E-state index contributed by atoms with van der Waals surface area (Å²) < 4.78 is 9.20. The van der Waals surface area contributed by atoms with Gasteiger partial charge in [0, 0.05) is 10.9 Å². The second-order valence-corrected chi connectivity index (χ2v) is 12.7. The van der Waals surface area contributed by atoms with Crippen LogP contribution in [-0.2, 0) is 9.47 Å². The number of ether oxygens (including phenoxy) is 2. The molecule has 1 aromatic heterocycles. The number of halogens is 3. The minimum absolute atomic E-state index is 0.206. The van der Waals surface area contributed by atoms with Crippen LogP contribution in [0.25, 0.3) is 11.1 Å². The van der Waals surface area contributed by atoms with Gasteiger partial charge in [-0.15, -0.1) is 11.3 Å². The van der Waals surface area contributed by atoms with Crippen molar-refractivity contribution in [1.82, 2.24) is 5.32 Å². The normalized spacial score (nSPS) is 21.1. The van der Waals surface area contributed by atoms with Crippen LogP contribution in [0.4, 0.5) is 9.80 Å². The van der Waals surface area contributed by atoms with Gasteiger partial charge in [-0.3, -0.25) is 5.32 Å². The molecule has 0 bridgehead atoms. The van der Waals surface area contributed by atoms with E-state index in [0.29, 0.717) is 28.0 Å². The average Bonchev–Trinajstić information content (AvgIpc) is 3.22. The van der Waals surface area contributed by atoms with Crippen molar-refractivity contribution in [2.75, 3.05) is 11.9 Å².